The lowest BCUT2D eigenvalue weighted by molar-refractivity contribution is 0.310. The minimum atomic E-state index is 0.672. The normalized spacial score (nSPS) is 10.3. The number of aryl methyl sites for hydroxylation is 1. The lowest BCUT2D eigenvalue weighted by Gasteiger charge is -2.10. The molecule has 15 heavy (non-hydrogen) atoms. The predicted molar refractivity (Wildman–Crippen MR) is 63.0 cm³/mol. The van der Waals surface area contributed by atoms with Crippen LogP contribution in [0.1, 0.15) is 18.4 Å². The van der Waals surface area contributed by atoms with E-state index in [4.69, 9.17) is 16.2 Å². The van der Waals surface area contributed by atoms with Gasteiger partial charge < -0.3 is 16.2 Å². The zero-order chi connectivity index (χ0) is 10.9. The van der Waals surface area contributed by atoms with Crippen LogP contribution in [-0.4, -0.2) is 19.7 Å². The Morgan fingerprint density at radius 3 is 2.47 bits per heavy atom. The standard InChI is InChI=1S/C12H20N2O/c13-8-3-6-11-5-1-2-7-12(11)15-10-4-9-14/h1-2,5,7H,3-4,6,8-10,13-14H2. The van der Waals surface area contributed by atoms with E-state index in [1.807, 2.05) is 18.2 Å². The molecule has 0 aliphatic rings. The first-order chi connectivity index (χ1) is 7.38. The number of benzene rings is 1. The Bertz CT molecular complexity index is 276. The van der Waals surface area contributed by atoms with E-state index in [2.05, 4.69) is 6.07 Å². The molecule has 0 bridgehead atoms. The summed E-state index contributed by atoms with van der Waals surface area (Å²) in [4.78, 5) is 0. The van der Waals surface area contributed by atoms with E-state index in [1.54, 1.807) is 0 Å². The van der Waals surface area contributed by atoms with Crippen molar-refractivity contribution in [2.45, 2.75) is 19.3 Å². The molecule has 0 saturated heterocycles. The number of hydrogen-bond acceptors (Lipinski definition) is 3. The van der Waals surface area contributed by atoms with Gasteiger partial charge in [0.1, 0.15) is 5.75 Å². The smallest absolute Gasteiger partial charge is 0.122 e. The van der Waals surface area contributed by atoms with Crippen LogP contribution in [0.25, 0.3) is 0 Å². The molecule has 3 nitrogen and oxygen atoms in total. The first kappa shape index (κ1) is 12.0. The Labute approximate surface area is 91.4 Å². The summed E-state index contributed by atoms with van der Waals surface area (Å²) in [6, 6.07) is 8.11. The van der Waals surface area contributed by atoms with Crippen LogP contribution >= 0.6 is 0 Å². The van der Waals surface area contributed by atoms with Gasteiger partial charge in [0.25, 0.3) is 0 Å². The lowest BCUT2D eigenvalue weighted by Crippen LogP contribution is -2.07. The number of ether oxygens (including phenoxy) is 1. The van der Waals surface area contributed by atoms with Crippen LogP contribution in [0.4, 0.5) is 0 Å². The summed E-state index contributed by atoms with van der Waals surface area (Å²) >= 11 is 0. The zero-order valence-corrected chi connectivity index (χ0v) is 9.11. The Morgan fingerprint density at radius 2 is 1.73 bits per heavy atom. The molecule has 0 amide bonds. The highest BCUT2D eigenvalue weighted by Crippen LogP contribution is 2.19. The molecule has 0 heterocycles. The topological polar surface area (TPSA) is 61.3 Å². The Kier molecular flexibility index (Phi) is 5.81. The van der Waals surface area contributed by atoms with Gasteiger partial charge in [-0.3, -0.25) is 0 Å². The van der Waals surface area contributed by atoms with E-state index in [0.717, 1.165) is 31.6 Å². The maximum atomic E-state index is 5.65. The second kappa shape index (κ2) is 7.26. The molecule has 0 spiro atoms. The van der Waals surface area contributed by atoms with Crippen molar-refractivity contribution in [2.75, 3.05) is 19.7 Å². The van der Waals surface area contributed by atoms with Gasteiger partial charge in [-0.05, 0) is 44.0 Å². The molecule has 0 unspecified atom stereocenters. The summed E-state index contributed by atoms with van der Waals surface area (Å²) in [5.74, 6) is 0.972. The van der Waals surface area contributed by atoms with Crippen LogP contribution in [0.2, 0.25) is 0 Å². The molecule has 0 aliphatic heterocycles. The molecule has 0 fully saturated rings. The molecule has 1 aromatic carbocycles. The van der Waals surface area contributed by atoms with E-state index in [1.165, 1.54) is 5.56 Å². The molecule has 0 atom stereocenters. The first-order valence-electron chi connectivity index (χ1n) is 5.49. The van der Waals surface area contributed by atoms with E-state index in [0.29, 0.717) is 13.2 Å². The van der Waals surface area contributed by atoms with Crippen molar-refractivity contribution in [2.24, 2.45) is 11.5 Å². The maximum absolute atomic E-state index is 5.65. The fourth-order valence-corrected chi connectivity index (χ4v) is 1.41. The van der Waals surface area contributed by atoms with Crippen molar-refractivity contribution in [3.63, 3.8) is 0 Å². The largest absolute Gasteiger partial charge is 0.493 e. The molecule has 0 saturated carbocycles. The van der Waals surface area contributed by atoms with Crippen LogP contribution in [-0.2, 0) is 6.42 Å². The van der Waals surface area contributed by atoms with Crippen molar-refractivity contribution in [1.82, 2.24) is 0 Å². The zero-order valence-electron chi connectivity index (χ0n) is 9.11. The van der Waals surface area contributed by atoms with Gasteiger partial charge in [0.2, 0.25) is 0 Å². The van der Waals surface area contributed by atoms with E-state index in [9.17, 15) is 0 Å². The summed E-state index contributed by atoms with van der Waals surface area (Å²) in [5.41, 5.74) is 12.1. The van der Waals surface area contributed by atoms with E-state index in [-0.39, 0.29) is 0 Å². The highest BCUT2D eigenvalue weighted by molar-refractivity contribution is 5.33. The second-order valence-corrected chi connectivity index (χ2v) is 3.49. The monoisotopic (exact) mass is 208 g/mol. The molecular weight excluding hydrogens is 188 g/mol. The minimum Gasteiger partial charge on any atom is -0.493 e. The van der Waals surface area contributed by atoms with Gasteiger partial charge >= 0.3 is 0 Å². The molecule has 0 aromatic heterocycles. The van der Waals surface area contributed by atoms with Gasteiger partial charge in [-0.1, -0.05) is 18.2 Å². The molecule has 84 valence electrons. The van der Waals surface area contributed by atoms with Crippen molar-refractivity contribution in [3.8, 4) is 5.75 Å². The summed E-state index contributed by atoms with van der Waals surface area (Å²) < 4.78 is 5.65. The van der Waals surface area contributed by atoms with E-state index >= 15 is 0 Å². The summed E-state index contributed by atoms with van der Waals surface area (Å²) in [5, 5.41) is 0. The molecule has 0 radical (unpaired) electrons. The van der Waals surface area contributed by atoms with Crippen molar-refractivity contribution >= 4 is 0 Å². The van der Waals surface area contributed by atoms with Crippen LogP contribution in [0, 0.1) is 0 Å². The Balaban J connectivity index is 2.52. The summed E-state index contributed by atoms with van der Waals surface area (Å²) in [6.07, 6.45) is 2.87. The number of hydrogen-bond donors (Lipinski definition) is 2. The lowest BCUT2D eigenvalue weighted by atomic mass is 10.1. The average molecular weight is 208 g/mol. The van der Waals surface area contributed by atoms with Gasteiger partial charge in [-0.25, -0.2) is 0 Å². The third-order valence-corrected chi connectivity index (χ3v) is 2.23. The molecule has 1 rings (SSSR count). The highest BCUT2D eigenvalue weighted by Gasteiger charge is 2.01. The van der Waals surface area contributed by atoms with Crippen LogP contribution in [0.15, 0.2) is 24.3 Å². The van der Waals surface area contributed by atoms with Gasteiger partial charge in [0.15, 0.2) is 0 Å². The van der Waals surface area contributed by atoms with Gasteiger partial charge in [0.05, 0.1) is 6.61 Å². The minimum absolute atomic E-state index is 0.672. The summed E-state index contributed by atoms with van der Waals surface area (Å²) in [7, 11) is 0. The quantitative estimate of drug-likeness (QED) is 0.664. The van der Waals surface area contributed by atoms with Gasteiger partial charge in [-0.2, -0.15) is 0 Å². The molecular formula is C12H20N2O. The van der Waals surface area contributed by atoms with Crippen LogP contribution < -0.4 is 16.2 Å². The van der Waals surface area contributed by atoms with Crippen molar-refractivity contribution < 1.29 is 4.74 Å². The highest BCUT2D eigenvalue weighted by atomic mass is 16.5. The molecule has 4 N–H and O–H groups in total. The van der Waals surface area contributed by atoms with Crippen LogP contribution in [0.5, 0.6) is 5.75 Å². The fraction of sp³-hybridized carbons (Fsp3) is 0.500. The second-order valence-electron chi connectivity index (χ2n) is 3.49. The molecule has 1 aromatic rings. The Hall–Kier alpha value is -1.06. The first-order valence-corrected chi connectivity index (χ1v) is 5.49. The SMILES string of the molecule is NCCCOc1ccccc1CCCN. The third kappa shape index (κ3) is 4.32. The molecule has 3 heteroatoms. The number of rotatable bonds is 7. The van der Waals surface area contributed by atoms with E-state index < -0.39 is 0 Å². The van der Waals surface area contributed by atoms with Gasteiger partial charge in [-0.15, -0.1) is 0 Å². The molecule has 0 aliphatic carbocycles. The number of nitrogens with two attached hydrogens (primary N) is 2. The summed E-state index contributed by atoms with van der Waals surface area (Å²) in [6.45, 7) is 2.08. The van der Waals surface area contributed by atoms with Crippen LogP contribution in [0.3, 0.4) is 0 Å². The fourth-order valence-electron chi connectivity index (χ4n) is 1.41. The maximum Gasteiger partial charge on any atom is 0.122 e. The average Bonchev–Trinajstić information content (AvgIpc) is 2.28. The Morgan fingerprint density at radius 1 is 1.00 bits per heavy atom. The third-order valence-electron chi connectivity index (χ3n) is 2.23. The van der Waals surface area contributed by atoms with Crippen molar-refractivity contribution in [1.29, 1.82) is 0 Å². The number of para-hydroxylation sites is 1. The van der Waals surface area contributed by atoms with Crippen molar-refractivity contribution in [3.05, 3.63) is 29.8 Å². The van der Waals surface area contributed by atoms with Gasteiger partial charge in [0, 0.05) is 0 Å². The predicted octanol–water partition coefficient (Wildman–Crippen LogP) is 1.31.